The molecule has 0 aliphatic heterocycles. The minimum atomic E-state index is -4.14. The quantitative estimate of drug-likeness (QED) is 0.611. The van der Waals surface area contributed by atoms with Crippen LogP contribution >= 0.6 is 7.60 Å². The van der Waals surface area contributed by atoms with E-state index in [4.69, 9.17) is 5.11 Å². The van der Waals surface area contributed by atoms with Gasteiger partial charge in [0, 0.05) is 7.11 Å². The molecule has 1 aromatic carbocycles. The maximum absolute atomic E-state index is 11.6. The summed E-state index contributed by atoms with van der Waals surface area (Å²) in [5.41, 5.74) is -0.446. The number of benzene rings is 1. The fourth-order valence-electron chi connectivity index (χ4n) is 1.24. The molecular formula is C10H11O7P. The Morgan fingerprint density at radius 2 is 1.72 bits per heavy atom. The molecule has 0 amide bonds. The molecule has 1 atom stereocenters. The molecule has 0 bridgehead atoms. The molecule has 0 aliphatic rings. The summed E-state index contributed by atoms with van der Waals surface area (Å²) >= 11 is 0. The number of esters is 1. The number of carbonyl (C=O) groups excluding carboxylic acids is 1. The highest BCUT2D eigenvalue weighted by Crippen LogP contribution is 2.39. The smallest absolute Gasteiger partial charge is 0.358 e. The van der Waals surface area contributed by atoms with Crippen molar-refractivity contribution in [3.05, 3.63) is 29.3 Å². The van der Waals surface area contributed by atoms with Gasteiger partial charge in [0.05, 0.1) is 23.5 Å². The highest BCUT2D eigenvalue weighted by molar-refractivity contribution is 7.61. The molecule has 1 unspecified atom stereocenters. The van der Waals surface area contributed by atoms with Crippen molar-refractivity contribution < 1.29 is 33.4 Å². The van der Waals surface area contributed by atoms with Crippen LogP contribution in [0.2, 0.25) is 0 Å². The number of methoxy groups -OCH3 is 1. The lowest BCUT2D eigenvalue weighted by atomic mass is 10.1. The van der Waals surface area contributed by atoms with E-state index in [0.717, 1.165) is 32.4 Å². The first-order valence-corrected chi connectivity index (χ1v) is 6.25. The molecular weight excluding hydrogens is 263 g/mol. The summed E-state index contributed by atoms with van der Waals surface area (Å²) in [6.07, 6.45) is 0. The first-order chi connectivity index (χ1) is 8.31. The van der Waals surface area contributed by atoms with Crippen molar-refractivity contribution in [1.82, 2.24) is 0 Å². The lowest BCUT2D eigenvalue weighted by Crippen LogP contribution is -2.14. The van der Waals surface area contributed by atoms with Crippen LogP contribution in [0.5, 0.6) is 0 Å². The van der Waals surface area contributed by atoms with E-state index in [9.17, 15) is 19.0 Å². The van der Waals surface area contributed by atoms with Crippen LogP contribution in [0.15, 0.2) is 18.2 Å². The largest absolute Gasteiger partial charge is 0.478 e. The second kappa shape index (κ2) is 5.30. The monoisotopic (exact) mass is 274 g/mol. The number of ether oxygens (including phenoxy) is 1. The predicted octanol–water partition coefficient (Wildman–Crippen LogP) is 0.628. The van der Waals surface area contributed by atoms with Gasteiger partial charge < -0.3 is 19.3 Å². The third kappa shape index (κ3) is 2.95. The van der Waals surface area contributed by atoms with Crippen LogP contribution < -0.4 is 5.30 Å². The summed E-state index contributed by atoms with van der Waals surface area (Å²) < 4.78 is 20.4. The number of rotatable bonds is 4. The minimum absolute atomic E-state index is 0.140. The van der Waals surface area contributed by atoms with Crippen molar-refractivity contribution in [2.45, 2.75) is 0 Å². The van der Waals surface area contributed by atoms with Gasteiger partial charge in [0.15, 0.2) is 0 Å². The summed E-state index contributed by atoms with van der Waals surface area (Å²) in [5, 5.41) is 8.58. The van der Waals surface area contributed by atoms with Crippen molar-refractivity contribution in [2.24, 2.45) is 0 Å². The van der Waals surface area contributed by atoms with E-state index >= 15 is 0 Å². The summed E-state index contributed by atoms with van der Waals surface area (Å²) in [4.78, 5) is 31.7. The molecule has 0 fully saturated rings. The molecule has 0 aliphatic carbocycles. The SMILES string of the molecule is COC(=O)c1cc(C(=O)O)cc(P(=O)(O)OC)c1. The van der Waals surface area contributed by atoms with Crippen molar-refractivity contribution in [3.8, 4) is 0 Å². The first-order valence-electron chi connectivity index (χ1n) is 4.67. The lowest BCUT2D eigenvalue weighted by molar-refractivity contribution is 0.0601. The molecule has 0 saturated heterocycles. The Morgan fingerprint density at radius 3 is 2.17 bits per heavy atom. The molecule has 18 heavy (non-hydrogen) atoms. The summed E-state index contributed by atoms with van der Waals surface area (Å²) in [6, 6.07) is 3.08. The van der Waals surface area contributed by atoms with Crippen molar-refractivity contribution in [3.63, 3.8) is 0 Å². The van der Waals surface area contributed by atoms with Crippen LogP contribution in [0.25, 0.3) is 0 Å². The average molecular weight is 274 g/mol. The predicted molar refractivity (Wildman–Crippen MR) is 61.2 cm³/mol. The summed E-state index contributed by atoms with van der Waals surface area (Å²) in [5.74, 6) is -2.14. The molecule has 1 aromatic rings. The van der Waals surface area contributed by atoms with E-state index < -0.39 is 19.5 Å². The van der Waals surface area contributed by atoms with Gasteiger partial charge in [-0.2, -0.15) is 0 Å². The van der Waals surface area contributed by atoms with Gasteiger partial charge in [-0.15, -0.1) is 0 Å². The van der Waals surface area contributed by atoms with Gasteiger partial charge in [-0.05, 0) is 18.2 Å². The Bertz CT molecular complexity index is 537. The lowest BCUT2D eigenvalue weighted by Gasteiger charge is -2.11. The van der Waals surface area contributed by atoms with E-state index in [1.54, 1.807) is 0 Å². The number of carboxylic acids is 1. The van der Waals surface area contributed by atoms with E-state index in [2.05, 4.69) is 9.26 Å². The standard InChI is InChI=1S/C10H11O7P/c1-16-10(13)7-3-6(9(11)12)4-8(5-7)18(14,15)17-2/h3-5H,1-2H3,(H,11,12)(H,14,15). The van der Waals surface area contributed by atoms with Crippen LogP contribution in [0.1, 0.15) is 20.7 Å². The van der Waals surface area contributed by atoms with Gasteiger partial charge in [0.1, 0.15) is 0 Å². The zero-order valence-electron chi connectivity index (χ0n) is 9.61. The molecule has 0 spiro atoms. The van der Waals surface area contributed by atoms with Gasteiger partial charge in [-0.25, -0.2) is 9.59 Å². The maximum Gasteiger partial charge on any atom is 0.358 e. The fraction of sp³-hybridized carbons (Fsp3) is 0.200. The Kier molecular flexibility index (Phi) is 4.24. The molecule has 2 N–H and O–H groups in total. The molecule has 8 heteroatoms. The highest BCUT2D eigenvalue weighted by atomic mass is 31.2. The first kappa shape index (κ1) is 14.4. The van der Waals surface area contributed by atoms with E-state index in [1.807, 2.05) is 0 Å². The van der Waals surface area contributed by atoms with Crippen LogP contribution in [0.3, 0.4) is 0 Å². The van der Waals surface area contributed by atoms with Gasteiger partial charge in [-0.1, -0.05) is 0 Å². The van der Waals surface area contributed by atoms with Crippen molar-refractivity contribution in [1.29, 1.82) is 0 Å². The second-order valence-corrected chi connectivity index (χ2v) is 5.19. The topological polar surface area (TPSA) is 110 Å². The molecule has 98 valence electrons. The van der Waals surface area contributed by atoms with Gasteiger partial charge >= 0.3 is 19.5 Å². The van der Waals surface area contributed by atoms with E-state index in [0.29, 0.717) is 0 Å². The Hall–Kier alpha value is -1.69. The third-order valence-corrected chi connectivity index (χ3v) is 3.57. The Morgan fingerprint density at radius 1 is 1.17 bits per heavy atom. The molecule has 0 radical (unpaired) electrons. The summed E-state index contributed by atoms with van der Waals surface area (Å²) in [6.45, 7) is 0. The van der Waals surface area contributed by atoms with Crippen LogP contribution in [-0.2, 0) is 13.8 Å². The Labute approximate surface area is 102 Å². The molecule has 1 rings (SSSR count). The number of hydrogen-bond acceptors (Lipinski definition) is 5. The van der Waals surface area contributed by atoms with Crippen LogP contribution in [-0.4, -0.2) is 36.2 Å². The van der Waals surface area contributed by atoms with E-state index in [1.165, 1.54) is 0 Å². The molecule has 7 nitrogen and oxygen atoms in total. The highest BCUT2D eigenvalue weighted by Gasteiger charge is 2.24. The van der Waals surface area contributed by atoms with Gasteiger partial charge in [-0.3, -0.25) is 4.57 Å². The van der Waals surface area contributed by atoms with Crippen molar-refractivity contribution >= 4 is 24.8 Å². The van der Waals surface area contributed by atoms with Crippen LogP contribution in [0, 0.1) is 0 Å². The number of hydrogen-bond donors (Lipinski definition) is 2. The second-order valence-electron chi connectivity index (χ2n) is 3.27. The fourth-order valence-corrected chi connectivity index (χ4v) is 2.05. The zero-order chi connectivity index (χ0) is 13.9. The maximum atomic E-state index is 11.6. The Balaban J connectivity index is 3.45. The number of carboxylic acid groups (broad SMARTS) is 1. The molecule has 0 heterocycles. The average Bonchev–Trinajstić information content (AvgIpc) is 2.37. The molecule has 0 saturated carbocycles. The minimum Gasteiger partial charge on any atom is -0.478 e. The van der Waals surface area contributed by atoms with E-state index in [-0.39, 0.29) is 16.4 Å². The van der Waals surface area contributed by atoms with Crippen LogP contribution in [0.4, 0.5) is 0 Å². The van der Waals surface area contributed by atoms with Crippen molar-refractivity contribution in [2.75, 3.05) is 14.2 Å². The van der Waals surface area contributed by atoms with Gasteiger partial charge in [0.25, 0.3) is 0 Å². The number of carbonyl (C=O) groups is 2. The normalized spacial score (nSPS) is 13.7. The van der Waals surface area contributed by atoms with Gasteiger partial charge in [0.2, 0.25) is 0 Å². The zero-order valence-corrected chi connectivity index (χ0v) is 10.5. The summed E-state index contributed by atoms with van der Waals surface area (Å²) in [7, 11) is -2.02. The molecule has 0 aromatic heterocycles. The third-order valence-electron chi connectivity index (χ3n) is 2.16. The number of aromatic carboxylic acids is 1.